The van der Waals surface area contributed by atoms with Crippen LogP contribution in [0.4, 0.5) is 4.79 Å². The highest BCUT2D eigenvalue weighted by Gasteiger charge is 2.46. The van der Waals surface area contributed by atoms with E-state index in [1.54, 1.807) is 25.6 Å². The summed E-state index contributed by atoms with van der Waals surface area (Å²) < 4.78 is 19.9. The molecule has 0 spiro atoms. The lowest BCUT2D eigenvalue weighted by Crippen LogP contribution is -2.54. The number of fused-ring (bicyclic) bond motifs is 1. The highest BCUT2D eigenvalue weighted by Crippen LogP contribution is 2.40. The average molecular weight is 359 g/mol. The van der Waals surface area contributed by atoms with Crippen LogP contribution in [0.15, 0.2) is 11.3 Å². The molecule has 0 aromatic carbocycles. The number of β-lactam (4-membered cyclic amide) rings is 1. The molecule has 0 aromatic heterocycles. The molecule has 1 fully saturated rings. The van der Waals surface area contributed by atoms with Crippen molar-refractivity contribution in [1.29, 1.82) is 0 Å². The van der Waals surface area contributed by atoms with Crippen LogP contribution in [0, 0.1) is 0 Å². The van der Waals surface area contributed by atoms with Crippen molar-refractivity contribution >= 4 is 29.8 Å². The molecule has 1 saturated heterocycles. The molecule has 2 unspecified atom stereocenters. The maximum Gasteiger partial charge on any atom is 0.511 e. The number of hydrogen-bond donors (Lipinski definition) is 0. The number of esters is 1. The molecule has 134 valence electrons. The summed E-state index contributed by atoms with van der Waals surface area (Å²) >= 11 is 1.58. The third kappa shape index (κ3) is 4.21. The van der Waals surface area contributed by atoms with Crippen LogP contribution in [0.3, 0.4) is 0 Å². The monoisotopic (exact) mass is 359 g/mol. The largest absolute Gasteiger partial charge is 0.511 e. The molecule has 2 rings (SSSR count). The SMILES string of the molecule is COCC1=C(C(=O)OC(C)OC(=O)OC(C)C)N2C(=O)CC2SC1. The molecule has 2 aliphatic rings. The van der Waals surface area contributed by atoms with Gasteiger partial charge in [-0.2, -0.15) is 0 Å². The summed E-state index contributed by atoms with van der Waals surface area (Å²) in [6, 6.07) is 0. The number of ether oxygens (including phenoxy) is 4. The van der Waals surface area contributed by atoms with Gasteiger partial charge in [0.05, 0.1) is 24.5 Å². The number of amides is 1. The van der Waals surface area contributed by atoms with Gasteiger partial charge in [0.25, 0.3) is 0 Å². The maximum absolute atomic E-state index is 12.5. The third-order valence-corrected chi connectivity index (χ3v) is 4.59. The fourth-order valence-corrected chi connectivity index (χ4v) is 3.58. The van der Waals surface area contributed by atoms with E-state index in [0.29, 0.717) is 17.7 Å². The van der Waals surface area contributed by atoms with Crippen molar-refractivity contribution in [3.8, 4) is 0 Å². The fraction of sp³-hybridized carbons (Fsp3) is 0.667. The van der Waals surface area contributed by atoms with Crippen LogP contribution in [0.1, 0.15) is 27.2 Å². The molecule has 2 atom stereocenters. The number of hydrogen-bond acceptors (Lipinski definition) is 8. The van der Waals surface area contributed by atoms with Gasteiger partial charge in [-0.3, -0.25) is 9.69 Å². The molecule has 1 amide bonds. The van der Waals surface area contributed by atoms with E-state index in [1.807, 2.05) is 0 Å². The smallest absolute Gasteiger partial charge is 0.431 e. The van der Waals surface area contributed by atoms with Crippen LogP contribution in [0.5, 0.6) is 0 Å². The minimum absolute atomic E-state index is 0.0530. The first-order chi connectivity index (χ1) is 11.3. The summed E-state index contributed by atoms with van der Waals surface area (Å²) in [5.41, 5.74) is 0.860. The second-order valence-electron chi connectivity index (χ2n) is 5.63. The first-order valence-electron chi connectivity index (χ1n) is 7.56. The van der Waals surface area contributed by atoms with E-state index in [0.717, 1.165) is 0 Å². The summed E-state index contributed by atoms with van der Waals surface area (Å²) in [4.78, 5) is 37.2. The molecule has 0 radical (unpaired) electrons. The molecular weight excluding hydrogens is 338 g/mol. The number of methoxy groups -OCH3 is 1. The van der Waals surface area contributed by atoms with E-state index >= 15 is 0 Å². The predicted molar refractivity (Wildman–Crippen MR) is 84.9 cm³/mol. The van der Waals surface area contributed by atoms with Gasteiger partial charge in [-0.05, 0) is 19.4 Å². The topological polar surface area (TPSA) is 91.4 Å². The van der Waals surface area contributed by atoms with Gasteiger partial charge in [0.15, 0.2) is 0 Å². The van der Waals surface area contributed by atoms with E-state index in [-0.39, 0.29) is 29.7 Å². The Bertz CT molecular complexity index is 560. The van der Waals surface area contributed by atoms with Crippen molar-refractivity contribution in [2.24, 2.45) is 0 Å². The van der Waals surface area contributed by atoms with Crippen LogP contribution < -0.4 is 0 Å². The Morgan fingerprint density at radius 3 is 2.54 bits per heavy atom. The van der Waals surface area contributed by atoms with Crippen molar-refractivity contribution in [2.75, 3.05) is 19.5 Å². The summed E-state index contributed by atoms with van der Waals surface area (Å²) in [6.45, 7) is 4.98. The number of thioether (sulfide) groups is 1. The number of rotatable bonds is 6. The zero-order valence-corrected chi connectivity index (χ0v) is 14.9. The molecule has 2 heterocycles. The number of nitrogens with zero attached hydrogens (tertiary/aromatic N) is 1. The predicted octanol–water partition coefficient (Wildman–Crippen LogP) is 1.64. The van der Waals surface area contributed by atoms with E-state index in [2.05, 4.69) is 0 Å². The van der Waals surface area contributed by atoms with Crippen LogP contribution in [-0.4, -0.2) is 60.2 Å². The number of carbonyl (C=O) groups excluding carboxylic acids is 3. The molecule has 0 N–H and O–H groups in total. The molecule has 2 aliphatic heterocycles. The lowest BCUT2D eigenvalue weighted by Gasteiger charge is -2.44. The Kier molecular flexibility index (Phi) is 6.11. The van der Waals surface area contributed by atoms with Gasteiger partial charge in [0.1, 0.15) is 5.70 Å². The van der Waals surface area contributed by atoms with Gasteiger partial charge >= 0.3 is 12.1 Å². The van der Waals surface area contributed by atoms with E-state index in [9.17, 15) is 14.4 Å². The average Bonchev–Trinajstić information content (AvgIpc) is 2.46. The molecule has 0 saturated carbocycles. The zero-order valence-electron chi connectivity index (χ0n) is 14.1. The molecule has 0 bridgehead atoms. The van der Waals surface area contributed by atoms with Gasteiger partial charge in [-0.15, -0.1) is 11.8 Å². The normalized spacial score (nSPS) is 21.1. The first kappa shape index (κ1) is 18.6. The Morgan fingerprint density at radius 2 is 1.96 bits per heavy atom. The Labute approximate surface area is 144 Å². The van der Waals surface area contributed by atoms with Crippen molar-refractivity contribution < 1.29 is 33.3 Å². The van der Waals surface area contributed by atoms with Gasteiger partial charge in [-0.1, -0.05) is 0 Å². The summed E-state index contributed by atoms with van der Waals surface area (Å²) in [6.07, 6.45) is -2.00. The molecule has 9 heteroatoms. The minimum Gasteiger partial charge on any atom is -0.431 e. The van der Waals surface area contributed by atoms with E-state index in [4.69, 9.17) is 18.9 Å². The molecule has 8 nitrogen and oxygen atoms in total. The zero-order chi connectivity index (χ0) is 17.9. The van der Waals surface area contributed by atoms with Gasteiger partial charge in [-0.25, -0.2) is 9.59 Å². The van der Waals surface area contributed by atoms with Crippen molar-refractivity contribution in [2.45, 2.75) is 45.0 Å². The lowest BCUT2D eigenvalue weighted by atomic mass is 10.1. The highest BCUT2D eigenvalue weighted by molar-refractivity contribution is 8.00. The highest BCUT2D eigenvalue weighted by atomic mass is 32.2. The third-order valence-electron chi connectivity index (χ3n) is 3.31. The quantitative estimate of drug-likeness (QED) is 0.402. The number of carbonyl (C=O) groups is 3. The first-order valence-corrected chi connectivity index (χ1v) is 8.61. The van der Waals surface area contributed by atoms with E-state index in [1.165, 1.54) is 18.9 Å². The second kappa shape index (κ2) is 7.89. The Balaban J connectivity index is 2.05. The molecule has 0 aliphatic carbocycles. The second-order valence-corrected chi connectivity index (χ2v) is 6.79. The maximum atomic E-state index is 12.5. The lowest BCUT2D eigenvalue weighted by molar-refractivity contribution is -0.168. The van der Waals surface area contributed by atoms with Gasteiger partial charge in [0, 0.05) is 19.8 Å². The van der Waals surface area contributed by atoms with Gasteiger partial charge < -0.3 is 18.9 Å². The molecule has 24 heavy (non-hydrogen) atoms. The van der Waals surface area contributed by atoms with E-state index < -0.39 is 18.4 Å². The summed E-state index contributed by atoms with van der Waals surface area (Å²) in [5, 5.41) is -0.0530. The minimum atomic E-state index is -1.13. The fourth-order valence-electron chi connectivity index (χ4n) is 2.34. The Morgan fingerprint density at radius 1 is 1.25 bits per heavy atom. The summed E-state index contributed by atoms with van der Waals surface area (Å²) in [7, 11) is 1.51. The van der Waals surface area contributed by atoms with Crippen molar-refractivity contribution in [3.05, 3.63) is 11.3 Å². The summed E-state index contributed by atoms with van der Waals surface area (Å²) in [5.74, 6) is -0.275. The van der Waals surface area contributed by atoms with Crippen LogP contribution >= 0.6 is 11.8 Å². The Hall–Kier alpha value is -1.74. The van der Waals surface area contributed by atoms with Crippen LogP contribution in [0.2, 0.25) is 0 Å². The van der Waals surface area contributed by atoms with Crippen LogP contribution in [0.25, 0.3) is 0 Å². The molecule has 0 aromatic rings. The van der Waals surface area contributed by atoms with Crippen LogP contribution in [-0.2, 0) is 28.5 Å². The van der Waals surface area contributed by atoms with Crippen molar-refractivity contribution in [1.82, 2.24) is 4.90 Å². The van der Waals surface area contributed by atoms with Gasteiger partial charge in [0.2, 0.25) is 12.2 Å². The standard InChI is InChI=1S/C15H21NO7S/c1-8(2)21-15(19)23-9(3)22-14(18)13-10(6-20-4)7-24-12-5-11(17)16(12)13/h8-9,12H,5-7H2,1-4H3. The van der Waals surface area contributed by atoms with Crippen molar-refractivity contribution in [3.63, 3.8) is 0 Å². The molecular formula is C15H21NO7S.